The lowest BCUT2D eigenvalue weighted by Crippen LogP contribution is -2.18. The molecule has 1 N–H and O–H groups in total. The maximum absolute atomic E-state index is 4.99. The van der Waals surface area contributed by atoms with E-state index in [1.165, 1.54) is 15.6 Å². The van der Waals surface area contributed by atoms with Gasteiger partial charge in [0.05, 0.1) is 17.3 Å². The van der Waals surface area contributed by atoms with Crippen LogP contribution in [0.25, 0.3) is 0 Å². The van der Waals surface area contributed by atoms with E-state index in [9.17, 15) is 0 Å². The van der Waals surface area contributed by atoms with Crippen LogP contribution in [0.1, 0.15) is 29.4 Å². The number of nitrogens with one attached hydrogen (secondary N) is 1. The normalized spacial score (nSPS) is 10.9. The number of aromatic nitrogens is 1. The Labute approximate surface area is 95.9 Å². The summed E-state index contributed by atoms with van der Waals surface area (Å²) < 4.78 is 4.99. The molecule has 0 aromatic carbocycles. The van der Waals surface area contributed by atoms with E-state index in [0.717, 1.165) is 32.5 Å². The van der Waals surface area contributed by atoms with Crippen molar-refractivity contribution in [2.45, 2.75) is 33.2 Å². The van der Waals surface area contributed by atoms with Crippen LogP contribution in [0.3, 0.4) is 0 Å². The Hall–Kier alpha value is -0.450. The van der Waals surface area contributed by atoms with Crippen molar-refractivity contribution >= 4 is 11.3 Å². The van der Waals surface area contributed by atoms with Gasteiger partial charge in [-0.15, -0.1) is 11.3 Å². The molecule has 0 fully saturated rings. The fraction of sp³-hybridized carbons (Fsp3) is 0.727. The van der Waals surface area contributed by atoms with Gasteiger partial charge < -0.3 is 10.1 Å². The number of ether oxygens (including phenoxy) is 1. The Morgan fingerprint density at radius 1 is 1.33 bits per heavy atom. The van der Waals surface area contributed by atoms with E-state index < -0.39 is 0 Å². The summed E-state index contributed by atoms with van der Waals surface area (Å²) in [5.74, 6) is 0. The first kappa shape index (κ1) is 12.6. The van der Waals surface area contributed by atoms with E-state index in [-0.39, 0.29) is 0 Å². The first-order valence-electron chi connectivity index (χ1n) is 5.48. The Morgan fingerprint density at radius 3 is 2.73 bits per heavy atom. The molecular weight excluding hydrogens is 208 g/mol. The lowest BCUT2D eigenvalue weighted by Gasteiger charge is -2.02. The smallest absolute Gasteiger partial charge is 0.0928 e. The van der Waals surface area contributed by atoms with Crippen LogP contribution in [0, 0.1) is 0 Å². The van der Waals surface area contributed by atoms with Gasteiger partial charge in [-0.05, 0) is 12.8 Å². The highest BCUT2D eigenvalue weighted by Crippen LogP contribution is 2.19. The molecular formula is C11H20N2OS. The predicted molar refractivity (Wildman–Crippen MR) is 64.5 cm³/mol. The SMILES string of the molecule is CCc1nc(CC)c(CNCCOC)s1. The monoisotopic (exact) mass is 228 g/mol. The second kappa shape index (κ2) is 6.93. The van der Waals surface area contributed by atoms with Crippen LogP contribution in [0.5, 0.6) is 0 Å². The van der Waals surface area contributed by atoms with Crippen molar-refractivity contribution in [1.29, 1.82) is 0 Å². The van der Waals surface area contributed by atoms with Crippen molar-refractivity contribution in [2.24, 2.45) is 0 Å². The summed E-state index contributed by atoms with van der Waals surface area (Å²) in [6, 6.07) is 0. The minimum absolute atomic E-state index is 0.765. The van der Waals surface area contributed by atoms with Crippen molar-refractivity contribution in [3.05, 3.63) is 15.6 Å². The Kier molecular flexibility index (Phi) is 5.83. The van der Waals surface area contributed by atoms with Crippen LogP contribution < -0.4 is 5.32 Å². The zero-order chi connectivity index (χ0) is 11.1. The van der Waals surface area contributed by atoms with Gasteiger partial charge in [-0.2, -0.15) is 0 Å². The van der Waals surface area contributed by atoms with E-state index in [1.807, 2.05) is 11.3 Å². The van der Waals surface area contributed by atoms with Crippen LogP contribution in [0.15, 0.2) is 0 Å². The van der Waals surface area contributed by atoms with Crippen molar-refractivity contribution in [1.82, 2.24) is 10.3 Å². The minimum Gasteiger partial charge on any atom is -0.383 e. The Balaban J connectivity index is 2.47. The molecule has 0 saturated heterocycles. The van der Waals surface area contributed by atoms with Crippen molar-refractivity contribution in [2.75, 3.05) is 20.3 Å². The van der Waals surface area contributed by atoms with Gasteiger partial charge in [0.15, 0.2) is 0 Å². The van der Waals surface area contributed by atoms with Gasteiger partial charge in [0.25, 0.3) is 0 Å². The molecule has 0 aliphatic carbocycles. The van der Waals surface area contributed by atoms with Gasteiger partial charge >= 0.3 is 0 Å². The molecule has 0 saturated carbocycles. The molecule has 1 aromatic heterocycles. The molecule has 0 radical (unpaired) electrons. The average Bonchev–Trinajstić information content (AvgIpc) is 2.67. The molecule has 0 aliphatic rings. The third kappa shape index (κ3) is 3.89. The zero-order valence-electron chi connectivity index (χ0n) is 9.80. The summed E-state index contributed by atoms with van der Waals surface area (Å²) in [6.07, 6.45) is 2.06. The second-order valence-corrected chi connectivity index (χ2v) is 4.52. The maximum Gasteiger partial charge on any atom is 0.0928 e. The van der Waals surface area contributed by atoms with Crippen LogP contribution in [0.2, 0.25) is 0 Å². The van der Waals surface area contributed by atoms with Gasteiger partial charge in [-0.1, -0.05) is 13.8 Å². The quantitative estimate of drug-likeness (QED) is 0.725. The van der Waals surface area contributed by atoms with Crippen molar-refractivity contribution in [3.8, 4) is 0 Å². The summed E-state index contributed by atoms with van der Waals surface area (Å²) in [5.41, 5.74) is 1.25. The number of aryl methyl sites for hydroxylation is 2. The van der Waals surface area contributed by atoms with E-state index in [4.69, 9.17) is 4.74 Å². The predicted octanol–water partition coefficient (Wildman–Crippen LogP) is 2.00. The lowest BCUT2D eigenvalue weighted by molar-refractivity contribution is 0.199. The molecule has 0 spiro atoms. The van der Waals surface area contributed by atoms with Crippen molar-refractivity contribution in [3.63, 3.8) is 0 Å². The second-order valence-electron chi connectivity index (χ2n) is 3.35. The largest absolute Gasteiger partial charge is 0.383 e. The van der Waals surface area contributed by atoms with Gasteiger partial charge in [0.1, 0.15) is 0 Å². The fourth-order valence-corrected chi connectivity index (χ4v) is 2.45. The number of hydrogen-bond acceptors (Lipinski definition) is 4. The highest BCUT2D eigenvalue weighted by Gasteiger charge is 2.07. The van der Waals surface area contributed by atoms with Crippen LogP contribution in [-0.2, 0) is 24.1 Å². The van der Waals surface area contributed by atoms with Crippen LogP contribution in [-0.4, -0.2) is 25.2 Å². The van der Waals surface area contributed by atoms with Crippen LogP contribution >= 0.6 is 11.3 Å². The molecule has 15 heavy (non-hydrogen) atoms. The Morgan fingerprint density at radius 2 is 2.13 bits per heavy atom. The third-order valence-electron chi connectivity index (χ3n) is 2.23. The first-order valence-corrected chi connectivity index (χ1v) is 6.30. The summed E-state index contributed by atoms with van der Waals surface area (Å²) in [7, 11) is 1.72. The number of hydrogen-bond donors (Lipinski definition) is 1. The van der Waals surface area contributed by atoms with E-state index in [0.29, 0.717) is 0 Å². The number of thiazole rings is 1. The molecule has 1 rings (SSSR count). The summed E-state index contributed by atoms with van der Waals surface area (Å²) >= 11 is 1.83. The molecule has 4 heteroatoms. The highest BCUT2D eigenvalue weighted by molar-refractivity contribution is 7.11. The molecule has 1 aromatic rings. The molecule has 0 aliphatic heterocycles. The average molecular weight is 228 g/mol. The number of nitrogens with zero attached hydrogens (tertiary/aromatic N) is 1. The van der Waals surface area contributed by atoms with Gasteiger partial charge in [0.2, 0.25) is 0 Å². The van der Waals surface area contributed by atoms with E-state index in [2.05, 4.69) is 24.1 Å². The lowest BCUT2D eigenvalue weighted by atomic mass is 10.3. The Bertz CT molecular complexity index is 286. The van der Waals surface area contributed by atoms with E-state index in [1.54, 1.807) is 7.11 Å². The van der Waals surface area contributed by atoms with Crippen LogP contribution in [0.4, 0.5) is 0 Å². The molecule has 1 heterocycles. The highest BCUT2D eigenvalue weighted by atomic mass is 32.1. The fourth-order valence-electron chi connectivity index (χ4n) is 1.38. The molecule has 86 valence electrons. The maximum atomic E-state index is 4.99. The zero-order valence-corrected chi connectivity index (χ0v) is 10.6. The summed E-state index contributed by atoms with van der Waals surface area (Å²) in [5, 5.41) is 4.61. The summed E-state index contributed by atoms with van der Waals surface area (Å²) in [6.45, 7) is 6.90. The molecule has 0 atom stereocenters. The molecule has 0 bridgehead atoms. The summed E-state index contributed by atoms with van der Waals surface area (Å²) in [4.78, 5) is 5.97. The van der Waals surface area contributed by atoms with E-state index >= 15 is 0 Å². The van der Waals surface area contributed by atoms with Crippen molar-refractivity contribution < 1.29 is 4.74 Å². The third-order valence-corrected chi connectivity index (χ3v) is 3.47. The molecule has 0 amide bonds. The van der Waals surface area contributed by atoms with Gasteiger partial charge in [-0.25, -0.2) is 4.98 Å². The first-order chi connectivity index (χ1) is 7.31. The standard InChI is InChI=1S/C11H20N2OS/c1-4-9-10(8-12-6-7-14-3)15-11(5-2)13-9/h12H,4-8H2,1-3H3. The minimum atomic E-state index is 0.765. The topological polar surface area (TPSA) is 34.2 Å². The number of methoxy groups -OCH3 is 1. The van der Waals surface area contributed by atoms with Gasteiger partial charge in [0, 0.05) is 25.1 Å². The van der Waals surface area contributed by atoms with Gasteiger partial charge in [-0.3, -0.25) is 0 Å². The number of rotatable bonds is 7. The molecule has 3 nitrogen and oxygen atoms in total. The molecule has 0 unspecified atom stereocenters.